The molecule has 4 heteroatoms. The van der Waals surface area contributed by atoms with Gasteiger partial charge in [0.05, 0.1) is 0 Å². The topological polar surface area (TPSA) is 38.3 Å². The number of ether oxygens (including phenoxy) is 1. The Morgan fingerprint density at radius 1 is 1.17 bits per heavy atom. The summed E-state index contributed by atoms with van der Waals surface area (Å²) in [5, 5.41) is 3.53. The van der Waals surface area contributed by atoms with E-state index in [4.69, 9.17) is 16.3 Å². The first-order valence-corrected chi connectivity index (χ1v) is 8.57. The van der Waals surface area contributed by atoms with Crippen LogP contribution in [0.5, 0.6) is 5.75 Å². The number of hydrogen-bond acceptors (Lipinski definition) is 2. The molecule has 1 N–H and O–H groups in total. The summed E-state index contributed by atoms with van der Waals surface area (Å²) in [5.41, 5.74) is 3.90. The van der Waals surface area contributed by atoms with Crippen LogP contribution in [0.25, 0.3) is 0 Å². The molecule has 0 aliphatic heterocycles. The van der Waals surface area contributed by atoms with E-state index in [1.165, 1.54) is 5.56 Å². The van der Waals surface area contributed by atoms with Crippen molar-refractivity contribution in [2.24, 2.45) is 0 Å². The maximum Gasteiger partial charge on any atom is 0.262 e. The van der Waals surface area contributed by atoms with Gasteiger partial charge in [-0.2, -0.15) is 0 Å². The number of benzene rings is 2. The number of rotatable bonds is 6. The Bertz CT molecular complexity index is 687. The second kappa shape index (κ2) is 8.20. The first-order chi connectivity index (χ1) is 11.4. The molecular formula is C20H24ClNO2. The van der Waals surface area contributed by atoms with E-state index >= 15 is 0 Å². The number of hydrogen-bond donors (Lipinski definition) is 1. The highest BCUT2D eigenvalue weighted by Gasteiger charge is 2.09. The summed E-state index contributed by atoms with van der Waals surface area (Å²) in [6.07, 6.45) is 1.10. The summed E-state index contributed by atoms with van der Waals surface area (Å²) < 4.78 is 5.67. The first-order valence-electron chi connectivity index (χ1n) is 8.20. The SMILES string of the molecule is CC[C@H](C)c1ccc(NC(=O)COc2c(C)cc(Cl)cc2C)cc1. The van der Waals surface area contributed by atoms with Crippen LogP contribution in [-0.4, -0.2) is 12.5 Å². The highest BCUT2D eigenvalue weighted by molar-refractivity contribution is 6.30. The van der Waals surface area contributed by atoms with Crippen LogP contribution in [0.15, 0.2) is 36.4 Å². The van der Waals surface area contributed by atoms with E-state index in [1.54, 1.807) is 0 Å². The van der Waals surface area contributed by atoms with E-state index < -0.39 is 0 Å². The molecule has 2 aromatic rings. The lowest BCUT2D eigenvalue weighted by Gasteiger charge is -2.13. The summed E-state index contributed by atoms with van der Waals surface area (Å²) in [7, 11) is 0. The number of carbonyl (C=O) groups is 1. The van der Waals surface area contributed by atoms with Gasteiger partial charge in [0.15, 0.2) is 6.61 Å². The van der Waals surface area contributed by atoms with E-state index in [-0.39, 0.29) is 12.5 Å². The van der Waals surface area contributed by atoms with Gasteiger partial charge in [0, 0.05) is 10.7 Å². The molecule has 0 aliphatic rings. The molecule has 0 heterocycles. The lowest BCUT2D eigenvalue weighted by atomic mass is 9.99. The average molecular weight is 346 g/mol. The van der Waals surface area contributed by atoms with Crippen molar-refractivity contribution in [2.45, 2.75) is 40.0 Å². The number of aryl methyl sites for hydroxylation is 2. The molecule has 0 spiro atoms. The average Bonchev–Trinajstić information content (AvgIpc) is 2.53. The van der Waals surface area contributed by atoms with Crippen molar-refractivity contribution < 1.29 is 9.53 Å². The molecule has 0 radical (unpaired) electrons. The minimum Gasteiger partial charge on any atom is -0.483 e. The Hall–Kier alpha value is -2.00. The van der Waals surface area contributed by atoms with Gasteiger partial charge in [-0.3, -0.25) is 4.79 Å². The van der Waals surface area contributed by atoms with Gasteiger partial charge in [0.1, 0.15) is 5.75 Å². The molecule has 1 amide bonds. The van der Waals surface area contributed by atoms with Crippen molar-refractivity contribution in [3.05, 3.63) is 58.1 Å². The van der Waals surface area contributed by atoms with Crippen LogP contribution in [0.3, 0.4) is 0 Å². The molecule has 2 rings (SSSR count). The van der Waals surface area contributed by atoms with Gasteiger partial charge in [0.25, 0.3) is 5.91 Å². The number of nitrogens with one attached hydrogen (secondary N) is 1. The largest absolute Gasteiger partial charge is 0.483 e. The van der Waals surface area contributed by atoms with Gasteiger partial charge in [0.2, 0.25) is 0 Å². The number of amides is 1. The molecule has 3 nitrogen and oxygen atoms in total. The minimum atomic E-state index is -0.181. The third-order valence-electron chi connectivity index (χ3n) is 4.15. The van der Waals surface area contributed by atoms with Crippen molar-refractivity contribution in [3.63, 3.8) is 0 Å². The third kappa shape index (κ3) is 4.75. The van der Waals surface area contributed by atoms with Crippen molar-refractivity contribution in [1.29, 1.82) is 0 Å². The fourth-order valence-corrected chi connectivity index (χ4v) is 2.92. The van der Waals surface area contributed by atoms with Crippen LogP contribution >= 0.6 is 11.6 Å². The van der Waals surface area contributed by atoms with Gasteiger partial charge >= 0.3 is 0 Å². The van der Waals surface area contributed by atoms with Gasteiger partial charge in [-0.05, 0) is 67.1 Å². The standard InChI is InChI=1S/C20H24ClNO2/c1-5-13(2)16-6-8-18(9-7-16)22-19(23)12-24-20-14(3)10-17(21)11-15(20)4/h6-11,13H,5,12H2,1-4H3,(H,22,23)/t13-/m0/s1. The molecule has 0 saturated heterocycles. The third-order valence-corrected chi connectivity index (χ3v) is 4.37. The zero-order valence-corrected chi connectivity index (χ0v) is 15.4. The highest BCUT2D eigenvalue weighted by Crippen LogP contribution is 2.27. The van der Waals surface area contributed by atoms with E-state index in [9.17, 15) is 4.79 Å². The van der Waals surface area contributed by atoms with Crippen LogP contribution in [0.4, 0.5) is 5.69 Å². The van der Waals surface area contributed by atoms with Gasteiger partial charge in [-0.25, -0.2) is 0 Å². The minimum absolute atomic E-state index is 0.0313. The fraction of sp³-hybridized carbons (Fsp3) is 0.350. The molecule has 0 aromatic heterocycles. The number of halogens is 1. The van der Waals surface area contributed by atoms with Crippen LogP contribution in [0, 0.1) is 13.8 Å². The zero-order valence-electron chi connectivity index (χ0n) is 14.7. The van der Waals surface area contributed by atoms with E-state index in [0.717, 1.165) is 23.2 Å². The number of anilines is 1. The predicted octanol–water partition coefficient (Wildman–Crippen LogP) is 5.49. The van der Waals surface area contributed by atoms with Crippen LogP contribution in [0.1, 0.15) is 42.9 Å². The lowest BCUT2D eigenvalue weighted by molar-refractivity contribution is -0.118. The Labute approximate surface area is 149 Å². The first kappa shape index (κ1) is 18.3. The van der Waals surface area contributed by atoms with Gasteiger partial charge in [-0.1, -0.05) is 37.6 Å². The summed E-state index contributed by atoms with van der Waals surface area (Å²) >= 11 is 6.00. The highest BCUT2D eigenvalue weighted by atomic mass is 35.5. The smallest absolute Gasteiger partial charge is 0.262 e. The van der Waals surface area contributed by atoms with Crippen LogP contribution in [0.2, 0.25) is 5.02 Å². The van der Waals surface area contributed by atoms with Crippen LogP contribution < -0.4 is 10.1 Å². The van der Waals surface area contributed by atoms with Crippen molar-refractivity contribution >= 4 is 23.2 Å². The lowest BCUT2D eigenvalue weighted by Crippen LogP contribution is -2.20. The Morgan fingerprint density at radius 2 is 1.75 bits per heavy atom. The summed E-state index contributed by atoms with van der Waals surface area (Å²) in [5.74, 6) is 1.05. The molecule has 128 valence electrons. The molecule has 0 fully saturated rings. The van der Waals surface area contributed by atoms with Gasteiger partial charge in [-0.15, -0.1) is 0 Å². The van der Waals surface area contributed by atoms with E-state index in [1.807, 2.05) is 38.1 Å². The molecule has 0 saturated carbocycles. The van der Waals surface area contributed by atoms with Crippen molar-refractivity contribution in [1.82, 2.24) is 0 Å². The number of carbonyl (C=O) groups excluding carboxylic acids is 1. The molecule has 2 aromatic carbocycles. The zero-order chi connectivity index (χ0) is 17.7. The van der Waals surface area contributed by atoms with E-state index in [2.05, 4.69) is 31.3 Å². The van der Waals surface area contributed by atoms with Crippen molar-refractivity contribution in [2.75, 3.05) is 11.9 Å². The molecule has 1 atom stereocenters. The maximum absolute atomic E-state index is 12.1. The monoisotopic (exact) mass is 345 g/mol. The van der Waals surface area contributed by atoms with Crippen molar-refractivity contribution in [3.8, 4) is 5.75 Å². The molecule has 24 heavy (non-hydrogen) atoms. The Balaban J connectivity index is 1.94. The summed E-state index contributed by atoms with van der Waals surface area (Å²) in [6, 6.07) is 11.6. The summed E-state index contributed by atoms with van der Waals surface area (Å²) in [6.45, 7) is 8.16. The molecule has 0 unspecified atom stereocenters. The normalized spacial score (nSPS) is 11.9. The predicted molar refractivity (Wildman–Crippen MR) is 100 cm³/mol. The molecule has 0 bridgehead atoms. The Morgan fingerprint density at radius 3 is 2.29 bits per heavy atom. The summed E-state index contributed by atoms with van der Waals surface area (Å²) in [4.78, 5) is 12.1. The second-order valence-corrected chi connectivity index (χ2v) is 6.57. The van der Waals surface area contributed by atoms with Gasteiger partial charge < -0.3 is 10.1 Å². The maximum atomic E-state index is 12.1. The fourth-order valence-electron chi connectivity index (χ4n) is 2.59. The quantitative estimate of drug-likeness (QED) is 0.752. The second-order valence-electron chi connectivity index (χ2n) is 6.14. The molecule has 0 aliphatic carbocycles. The van der Waals surface area contributed by atoms with Crippen LogP contribution in [-0.2, 0) is 4.79 Å². The Kier molecular flexibility index (Phi) is 6.27. The van der Waals surface area contributed by atoms with E-state index in [0.29, 0.717) is 16.7 Å². The molecular weight excluding hydrogens is 322 g/mol.